The Hall–Kier alpha value is -2.11. The van der Waals surface area contributed by atoms with Gasteiger partial charge in [0.15, 0.2) is 11.6 Å². The summed E-state index contributed by atoms with van der Waals surface area (Å²) in [5.41, 5.74) is 6.98. The molecule has 0 aliphatic carbocycles. The summed E-state index contributed by atoms with van der Waals surface area (Å²) in [7, 11) is 3.36. The van der Waals surface area contributed by atoms with Crippen LogP contribution in [0.4, 0.5) is 5.82 Å². The molecule has 0 fully saturated rings. The molecule has 0 atom stereocenters. The van der Waals surface area contributed by atoms with Crippen molar-refractivity contribution in [2.24, 2.45) is 7.05 Å². The Morgan fingerprint density at radius 3 is 2.80 bits per heavy atom. The molecule has 6 nitrogen and oxygen atoms in total. The highest BCUT2D eigenvalue weighted by Crippen LogP contribution is 2.29. The number of nitrogens with zero attached hydrogens (tertiary/aromatic N) is 4. The molecule has 0 aliphatic rings. The van der Waals surface area contributed by atoms with Gasteiger partial charge in [0, 0.05) is 13.2 Å². The monoisotopic (exact) mass is 205 g/mol. The summed E-state index contributed by atoms with van der Waals surface area (Å²) >= 11 is 0. The van der Waals surface area contributed by atoms with E-state index < -0.39 is 0 Å². The summed E-state index contributed by atoms with van der Waals surface area (Å²) < 4.78 is 6.83. The van der Waals surface area contributed by atoms with Crippen molar-refractivity contribution in [2.75, 3.05) is 12.8 Å². The van der Waals surface area contributed by atoms with Gasteiger partial charge >= 0.3 is 0 Å². The van der Waals surface area contributed by atoms with Gasteiger partial charge in [-0.25, -0.2) is 9.97 Å². The van der Waals surface area contributed by atoms with Crippen molar-refractivity contribution in [3.63, 3.8) is 0 Å². The number of nitrogens with two attached hydrogens (primary N) is 1. The minimum atomic E-state index is 0.313. The van der Waals surface area contributed by atoms with Gasteiger partial charge in [0.2, 0.25) is 0 Å². The third-order valence-electron chi connectivity index (χ3n) is 1.99. The molecule has 2 rings (SSSR count). The Morgan fingerprint density at radius 2 is 2.20 bits per heavy atom. The number of aromatic nitrogens is 4. The zero-order valence-electron chi connectivity index (χ0n) is 8.51. The molecule has 2 N–H and O–H groups in total. The van der Waals surface area contributed by atoms with Gasteiger partial charge in [0.1, 0.15) is 17.7 Å². The molecule has 78 valence electrons. The van der Waals surface area contributed by atoms with Crippen LogP contribution in [0.25, 0.3) is 11.4 Å². The lowest BCUT2D eigenvalue weighted by molar-refractivity contribution is 0.415. The van der Waals surface area contributed by atoms with E-state index in [1.807, 2.05) is 19.3 Å². The zero-order chi connectivity index (χ0) is 10.8. The SMILES string of the molecule is COc1c(N)ncnc1-c1ccn(C)n1. The van der Waals surface area contributed by atoms with Gasteiger partial charge in [0.05, 0.1) is 7.11 Å². The lowest BCUT2D eigenvalue weighted by Gasteiger charge is -2.06. The van der Waals surface area contributed by atoms with Crippen LogP contribution >= 0.6 is 0 Å². The number of nitrogen functional groups attached to an aromatic ring is 1. The molecule has 0 aromatic carbocycles. The van der Waals surface area contributed by atoms with Gasteiger partial charge in [-0.1, -0.05) is 0 Å². The van der Waals surface area contributed by atoms with Crippen molar-refractivity contribution < 1.29 is 4.74 Å². The first-order valence-electron chi connectivity index (χ1n) is 4.37. The van der Waals surface area contributed by atoms with E-state index in [9.17, 15) is 0 Å². The van der Waals surface area contributed by atoms with Crippen LogP contribution in [-0.4, -0.2) is 26.9 Å². The Kier molecular flexibility index (Phi) is 2.24. The van der Waals surface area contributed by atoms with Gasteiger partial charge in [-0.05, 0) is 6.07 Å². The molecule has 15 heavy (non-hydrogen) atoms. The van der Waals surface area contributed by atoms with Crippen molar-refractivity contribution >= 4 is 5.82 Å². The van der Waals surface area contributed by atoms with E-state index in [0.717, 1.165) is 0 Å². The van der Waals surface area contributed by atoms with Gasteiger partial charge in [-0.2, -0.15) is 5.10 Å². The molecule has 2 aromatic rings. The van der Waals surface area contributed by atoms with Crippen LogP contribution in [-0.2, 0) is 7.05 Å². The molecule has 0 bridgehead atoms. The largest absolute Gasteiger partial charge is 0.491 e. The number of anilines is 1. The van der Waals surface area contributed by atoms with E-state index in [2.05, 4.69) is 15.1 Å². The standard InChI is InChI=1S/C9H11N5O/c1-14-4-3-6(13-14)7-8(15-2)9(10)12-5-11-7/h3-5H,1-2H3,(H2,10,11,12). The Balaban J connectivity index is 2.57. The summed E-state index contributed by atoms with van der Waals surface area (Å²) in [6.45, 7) is 0. The fraction of sp³-hybridized carbons (Fsp3) is 0.222. The van der Waals surface area contributed by atoms with Crippen molar-refractivity contribution in [3.05, 3.63) is 18.6 Å². The van der Waals surface area contributed by atoms with Crippen molar-refractivity contribution in [1.29, 1.82) is 0 Å². The third kappa shape index (κ3) is 1.61. The molecular formula is C9H11N5O. The second-order valence-electron chi connectivity index (χ2n) is 3.02. The smallest absolute Gasteiger partial charge is 0.189 e. The highest BCUT2D eigenvalue weighted by molar-refractivity contribution is 5.68. The number of hydrogen-bond acceptors (Lipinski definition) is 5. The average molecular weight is 205 g/mol. The molecule has 0 radical (unpaired) electrons. The molecule has 0 unspecified atom stereocenters. The van der Waals surface area contributed by atoms with Gasteiger partial charge in [-0.15, -0.1) is 0 Å². The van der Waals surface area contributed by atoms with Gasteiger partial charge < -0.3 is 10.5 Å². The summed E-state index contributed by atoms with van der Waals surface area (Å²) in [6.07, 6.45) is 3.22. The minimum Gasteiger partial charge on any atom is -0.491 e. The molecule has 0 saturated carbocycles. The number of hydrogen-bond donors (Lipinski definition) is 1. The zero-order valence-corrected chi connectivity index (χ0v) is 8.51. The lowest BCUT2D eigenvalue weighted by atomic mass is 10.3. The normalized spacial score (nSPS) is 10.3. The average Bonchev–Trinajstić information content (AvgIpc) is 2.64. The second-order valence-corrected chi connectivity index (χ2v) is 3.02. The first-order chi connectivity index (χ1) is 7.22. The van der Waals surface area contributed by atoms with Crippen molar-refractivity contribution in [1.82, 2.24) is 19.7 Å². The van der Waals surface area contributed by atoms with E-state index in [1.54, 1.807) is 4.68 Å². The van der Waals surface area contributed by atoms with Crippen LogP contribution in [0.3, 0.4) is 0 Å². The lowest BCUT2D eigenvalue weighted by Crippen LogP contribution is -2.00. The van der Waals surface area contributed by atoms with Gasteiger partial charge in [0.25, 0.3) is 0 Å². The molecule has 0 aliphatic heterocycles. The van der Waals surface area contributed by atoms with E-state index in [0.29, 0.717) is 23.0 Å². The van der Waals surface area contributed by atoms with E-state index in [4.69, 9.17) is 10.5 Å². The van der Waals surface area contributed by atoms with E-state index in [-0.39, 0.29) is 0 Å². The van der Waals surface area contributed by atoms with Crippen LogP contribution < -0.4 is 10.5 Å². The van der Waals surface area contributed by atoms with Gasteiger partial charge in [-0.3, -0.25) is 4.68 Å². The highest BCUT2D eigenvalue weighted by Gasteiger charge is 2.13. The summed E-state index contributed by atoms with van der Waals surface area (Å²) in [5, 5.41) is 4.22. The van der Waals surface area contributed by atoms with Crippen LogP contribution in [0.2, 0.25) is 0 Å². The van der Waals surface area contributed by atoms with Crippen LogP contribution in [0.5, 0.6) is 5.75 Å². The topological polar surface area (TPSA) is 78.9 Å². The first-order valence-corrected chi connectivity index (χ1v) is 4.37. The van der Waals surface area contributed by atoms with Crippen molar-refractivity contribution in [2.45, 2.75) is 0 Å². The maximum absolute atomic E-state index is 5.67. The fourth-order valence-electron chi connectivity index (χ4n) is 1.31. The Morgan fingerprint density at radius 1 is 1.40 bits per heavy atom. The molecular weight excluding hydrogens is 194 g/mol. The molecule has 2 aromatic heterocycles. The predicted molar refractivity (Wildman–Crippen MR) is 55.2 cm³/mol. The second kappa shape index (κ2) is 3.56. The Bertz CT molecular complexity index is 479. The maximum atomic E-state index is 5.67. The summed E-state index contributed by atoms with van der Waals surface area (Å²) in [4.78, 5) is 7.95. The quantitative estimate of drug-likeness (QED) is 0.770. The highest BCUT2D eigenvalue weighted by atomic mass is 16.5. The number of aryl methyl sites for hydroxylation is 1. The number of rotatable bonds is 2. The predicted octanol–water partition coefficient (Wildman–Crippen LogP) is 0.468. The molecule has 0 amide bonds. The number of ether oxygens (including phenoxy) is 1. The fourth-order valence-corrected chi connectivity index (χ4v) is 1.31. The molecule has 0 saturated heterocycles. The van der Waals surface area contributed by atoms with E-state index >= 15 is 0 Å². The Labute approximate surface area is 86.7 Å². The van der Waals surface area contributed by atoms with Crippen LogP contribution in [0, 0.1) is 0 Å². The van der Waals surface area contributed by atoms with Crippen LogP contribution in [0.1, 0.15) is 0 Å². The summed E-state index contributed by atoms with van der Waals surface area (Å²) in [5.74, 6) is 0.768. The molecule has 0 spiro atoms. The minimum absolute atomic E-state index is 0.313. The first kappa shape index (κ1) is 9.45. The van der Waals surface area contributed by atoms with E-state index in [1.165, 1.54) is 13.4 Å². The molecule has 6 heteroatoms. The van der Waals surface area contributed by atoms with Crippen LogP contribution in [0.15, 0.2) is 18.6 Å². The summed E-state index contributed by atoms with van der Waals surface area (Å²) in [6, 6.07) is 1.84. The van der Waals surface area contributed by atoms with Crippen molar-refractivity contribution in [3.8, 4) is 17.1 Å². The maximum Gasteiger partial charge on any atom is 0.189 e. The number of methoxy groups -OCH3 is 1. The molecule has 2 heterocycles. The third-order valence-corrected chi connectivity index (χ3v) is 1.99.